The summed E-state index contributed by atoms with van der Waals surface area (Å²) in [5, 5.41) is 0. The normalized spacial score (nSPS) is 12.9. The molecule has 0 amide bonds. The Balaban J connectivity index is 4.55. The highest BCUT2D eigenvalue weighted by Crippen LogP contribution is 2.11. The second-order valence-corrected chi connectivity index (χ2v) is 15.3. The Labute approximate surface area is 362 Å². The van der Waals surface area contributed by atoms with Crippen LogP contribution in [-0.4, -0.2) is 37.2 Å². The molecule has 0 aliphatic rings. The van der Waals surface area contributed by atoms with Crippen LogP contribution in [0.4, 0.5) is 0 Å². The van der Waals surface area contributed by atoms with Gasteiger partial charge in [-0.3, -0.25) is 14.4 Å². The van der Waals surface area contributed by atoms with Crippen LogP contribution in [0.3, 0.4) is 0 Å². The summed E-state index contributed by atoms with van der Waals surface area (Å²) >= 11 is 0. The van der Waals surface area contributed by atoms with Crippen LogP contribution in [0.15, 0.2) is 97.2 Å². The molecule has 6 heteroatoms. The first-order valence-corrected chi connectivity index (χ1v) is 23.7. The van der Waals surface area contributed by atoms with Crippen LogP contribution in [0, 0.1) is 0 Å². The average molecular weight is 819 g/mol. The smallest absolute Gasteiger partial charge is 0.306 e. The molecule has 0 N–H and O–H groups in total. The predicted molar refractivity (Wildman–Crippen MR) is 251 cm³/mol. The van der Waals surface area contributed by atoms with Crippen molar-refractivity contribution in [3.63, 3.8) is 0 Å². The largest absolute Gasteiger partial charge is 0.462 e. The van der Waals surface area contributed by atoms with Crippen LogP contribution in [0.1, 0.15) is 201 Å². The van der Waals surface area contributed by atoms with Crippen LogP contribution < -0.4 is 0 Å². The van der Waals surface area contributed by atoms with Gasteiger partial charge in [-0.05, 0) is 116 Å². The van der Waals surface area contributed by atoms with Gasteiger partial charge < -0.3 is 14.2 Å². The quantitative estimate of drug-likeness (QED) is 0.0265. The summed E-state index contributed by atoms with van der Waals surface area (Å²) in [4.78, 5) is 37.8. The lowest BCUT2D eigenvalue weighted by atomic mass is 10.1. The second-order valence-electron chi connectivity index (χ2n) is 15.3. The van der Waals surface area contributed by atoms with Crippen molar-refractivity contribution in [2.45, 2.75) is 207 Å². The van der Waals surface area contributed by atoms with E-state index in [2.05, 4.69) is 118 Å². The third kappa shape index (κ3) is 45.3. The van der Waals surface area contributed by atoms with Gasteiger partial charge >= 0.3 is 17.9 Å². The number of hydrogen-bond donors (Lipinski definition) is 0. The summed E-state index contributed by atoms with van der Waals surface area (Å²) in [6.07, 6.45) is 61.0. The zero-order valence-corrected chi connectivity index (χ0v) is 38.0. The monoisotopic (exact) mass is 819 g/mol. The highest BCUT2D eigenvalue weighted by atomic mass is 16.6. The first-order chi connectivity index (χ1) is 29.0. The van der Waals surface area contributed by atoms with E-state index in [1.807, 2.05) is 0 Å². The molecular formula is C53H86O6. The highest BCUT2D eigenvalue weighted by molar-refractivity contribution is 5.71. The summed E-state index contributed by atoms with van der Waals surface area (Å²) in [5.74, 6) is -1.01. The van der Waals surface area contributed by atoms with Crippen LogP contribution in [-0.2, 0) is 28.6 Å². The summed E-state index contributed by atoms with van der Waals surface area (Å²) in [7, 11) is 0. The molecule has 59 heavy (non-hydrogen) atoms. The van der Waals surface area contributed by atoms with Crippen molar-refractivity contribution in [3.05, 3.63) is 97.2 Å². The van der Waals surface area contributed by atoms with Crippen LogP contribution in [0.25, 0.3) is 0 Å². The van der Waals surface area contributed by atoms with E-state index >= 15 is 0 Å². The Morgan fingerprint density at radius 1 is 0.356 bits per heavy atom. The molecule has 0 fully saturated rings. The highest BCUT2D eigenvalue weighted by Gasteiger charge is 2.19. The Morgan fingerprint density at radius 3 is 1.14 bits per heavy atom. The number of allylic oxidation sites excluding steroid dienone is 16. The maximum absolute atomic E-state index is 12.7. The molecule has 0 aromatic heterocycles. The fourth-order valence-corrected chi connectivity index (χ4v) is 5.95. The molecule has 0 aromatic rings. The van der Waals surface area contributed by atoms with Crippen molar-refractivity contribution < 1.29 is 28.6 Å². The predicted octanol–water partition coefficient (Wildman–Crippen LogP) is 15.4. The number of carbonyl (C=O) groups excluding carboxylic acids is 3. The Hall–Kier alpha value is -3.67. The van der Waals surface area contributed by atoms with Crippen LogP contribution in [0.2, 0.25) is 0 Å². The van der Waals surface area contributed by atoms with Gasteiger partial charge in [-0.15, -0.1) is 0 Å². The van der Waals surface area contributed by atoms with E-state index in [1.54, 1.807) is 0 Å². The summed E-state index contributed by atoms with van der Waals surface area (Å²) in [6, 6.07) is 0. The molecule has 0 saturated carbocycles. The van der Waals surface area contributed by atoms with E-state index in [0.29, 0.717) is 19.3 Å². The lowest BCUT2D eigenvalue weighted by Crippen LogP contribution is -2.30. The Bertz CT molecular complexity index is 1220. The summed E-state index contributed by atoms with van der Waals surface area (Å²) in [5.41, 5.74) is 0. The SMILES string of the molecule is CC/C=C\C/C=C\C/C=C\C/C=C\CCCCC(=O)O[C@H](COC(=O)CCCC/C=C\C/C=C\C/C=C\CCCCC)COC(=O)CCCCCCC/C=C\CCCC. The summed E-state index contributed by atoms with van der Waals surface area (Å²) < 4.78 is 16.7. The van der Waals surface area contributed by atoms with Crippen molar-refractivity contribution in [1.29, 1.82) is 0 Å². The van der Waals surface area contributed by atoms with Gasteiger partial charge in [0.25, 0.3) is 0 Å². The molecule has 0 aliphatic carbocycles. The molecule has 0 aliphatic heterocycles. The molecule has 1 atom stereocenters. The maximum Gasteiger partial charge on any atom is 0.306 e. The lowest BCUT2D eigenvalue weighted by Gasteiger charge is -2.18. The van der Waals surface area contributed by atoms with E-state index in [9.17, 15) is 14.4 Å². The van der Waals surface area contributed by atoms with Crippen molar-refractivity contribution >= 4 is 17.9 Å². The summed E-state index contributed by atoms with van der Waals surface area (Å²) in [6.45, 7) is 6.35. The van der Waals surface area contributed by atoms with Gasteiger partial charge in [0.1, 0.15) is 13.2 Å². The number of hydrogen-bond acceptors (Lipinski definition) is 6. The van der Waals surface area contributed by atoms with Gasteiger partial charge in [-0.1, -0.05) is 163 Å². The number of unbranched alkanes of at least 4 members (excludes halogenated alkanes) is 14. The third-order valence-electron chi connectivity index (χ3n) is 9.54. The standard InChI is InChI=1S/C53H86O6/c1-4-7-10-13-16-19-22-24-26-28-31-34-37-40-43-46-52(55)58-49-50(48-57-51(54)45-42-39-36-33-30-21-18-15-12-9-6-3)59-53(56)47-44-41-38-35-32-29-27-25-23-20-17-14-11-8-5-2/h8,11,15-20,24-27,31-32,34-35,50H,4-7,9-10,12-14,21-23,28-30,33,36-49H2,1-3H3/b11-8-,18-15-,19-16-,20-17-,26-24-,27-25-,34-31-,35-32-/t50-/m0/s1. The molecule has 0 aromatic carbocycles. The number of carbonyl (C=O) groups is 3. The van der Waals surface area contributed by atoms with Gasteiger partial charge in [-0.2, -0.15) is 0 Å². The second kappa shape index (κ2) is 47.0. The molecule has 0 spiro atoms. The van der Waals surface area contributed by atoms with Crippen molar-refractivity contribution in [3.8, 4) is 0 Å². The van der Waals surface area contributed by atoms with E-state index in [-0.39, 0.29) is 37.5 Å². The zero-order valence-electron chi connectivity index (χ0n) is 38.0. The number of rotatable bonds is 41. The van der Waals surface area contributed by atoms with Crippen LogP contribution in [0.5, 0.6) is 0 Å². The first kappa shape index (κ1) is 55.3. The topological polar surface area (TPSA) is 78.9 Å². The van der Waals surface area contributed by atoms with Crippen molar-refractivity contribution in [1.82, 2.24) is 0 Å². The lowest BCUT2D eigenvalue weighted by molar-refractivity contribution is -0.167. The molecule has 0 bridgehead atoms. The van der Waals surface area contributed by atoms with E-state index < -0.39 is 6.10 Å². The Morgan fingerprint density at radius 2 is 0.678 bits per heavy atom. The minimum atomic E-state index is -0.817. The molecule has 0 heterocycles. The van der Waals surface area contributed by atoms with E-state index in [1.165, 1.54) is 51.4 Å². The molecule has 334 valence electrons. The molecule has 0 saturated heterocycles. The van der Waals surface area contributed by atoms with Crippen LogP contribution >= 0.6 is 0 Å². The maximum atomic E-state index is 12.7. The molecule has 6 nitrogen and oxygen atoms in total. The molecular weight excluding hydrogens is 733 g/mol. The van der Waals surface area contributed by atoms with E-state index in [4.69, 9.17) is 14.2 Å². The third-order valence-corrected chi connectivity index (χ3v) is 9.54. The zero-order chi connectivity index (χ0) is 43.0. The molecule has 0 unspecified atom stereocenters. The van der Waals surface area contributed by atoms with Crippen molar-refractivity contribution in [2.24, 2.45) is 0 Å². The fourth-order valence-electron chi connectivity index (χ4n) is 5.95. The van der Waals surface area contributed by atoms with Gasteiger partial charge in [-0.25, -0.2) is 0 Å². The van der Waals surface area contributed by atoms with Gasteiger partial charge in [0.05, 0.1) is 0 Å². The van der Waals surface area contributed by atoms with Gasteiger partial charge in [0.15, 0.2) is 6.10 Å². The Kier molecular flexibility index (Phi) is 44.1. The average Bonchev–Trinajstić information content (AvgIpc) is 3.23. The fraction of sp³-hybridized carbons (Fsp3) is 0.642. The van der Waals surface area contributed by atoms with Gasteiger partial charge in [0.2, 0.25) is 0 Å². The minimum absolute atomic E-state index is 0.112. The number of esters is 3. The van der Waals surface area contributed by atoms with Gasteiger partial charge in [0, 0.05) is 19.3 Å². The molecule has 0 radical (unpaired) electrons. The van der Waals surface area contributed by atoms with Crippen molar-refractivity contribution in [2.75, 3.05) is 13.2 Å². The van der Waals surface area contributed by atoms with E-state index in [0.717, 1.165) is 103 Å². The molecule has 0 rings (SSSR count). The number of ether oxygens (including phenoxy) is 3. The first-order valence-electron chi connectivity index (χ1n) is 23.7. The minimum Gasteiger partial charge on any atom is -0.462 e.